The Morgan fingerprint density at radius 2 is 1.55 bits per heavy atom. The van der Waals surface area contributed by atoms with E-state index in [1.54, 1.807) is 0 Å². The fourth-order valence-corrected chi connectivity index (χ4v) is 4.79. The molecule has 164 valence electrons. The van der Waals surface area contributed by atoms with Crippen molar-refractivity contribution in [3.05, 3.63) is 60.4 Å². The molecule has 2 fully saturated rings. The predicted molar refractivity (Wildman–Crippen MR) is 124 cm³/mol. The van der Waals surface area contributed by atoms with Crippen molar-refractivity contribution in [3.63, 3.8) is 0 Å². The third-order valence-corrected chi connectivity index (χ3v) is 6.51. The van der Waals surface area contributed by atoms with E-state index in [0.29, 0.717) is 11.8 Å². The molecule has 5 nitrogen and oxygen atoms in total. The molecule has 2 aliphatic rings. The lowest BCUT2D eigenvalue weighted by Crippen LogP contribution is -2.40. The Balaban J connectivity index is 0.00000231. The first kappa shape index (κ1) is 21.8. The Morgan fingerprint density at radius 3 is 2.26 bits per heavy atom. The van der Waals surface area contributed by atoms with Crippen LogP contribution in [0, 0.1) is 5.92 Å². The van der Waals surface area contributed by atoms with Crippen LogP contribution in [0.1, 0.15) is 44.3 Å². The molecule has 0 atom stereocenters. The Bertz CT molecular complexity index is 931. The maximum Gasteiger partial charge on any atom is 0.257 e. The summed E-state index contributed by atoms with van der Waals surface area (Å²) in [5, 5.41) is 4.24. The Labute approximate surface area is 190 Å². The van der Waals surface area contributed by atoms with Gasteiger partial charge in [-0.25, -0.2) is 0 Å². The number of rotatable bonds is 6. The number of ether oxygens (including phenoxy) is 1. The van der Waals surface area contributed by atoms with Gasteiger partial charge in [0.2, 0.25) is 0 Å². The van der Waals surface area contributed by atoms with E-state index in [9.17, 15) is 0 Å². The van der Waals surface area contributed by atoms with E-state index in [2.05, 4.69) is 15.0 Å². The molecule has 2 aromatic carbocycles. The molecule has 0 spiro atoms. The van der Waals surface area contributed by atoms with Crippen LogP contribution >= 0.6 is 12.4 Å². The molecule has 1 aliphatic heterocycles. The summed E-state index contributed by atoms with van der Waals surface area (Å²) < 4.78 is 11.4. The van der Waals surface area contributed by atoms with Gasteiger partial charge in [-0.2, -0.15) is 4.98 Å². The van der Waals surface area contributed by atoms with Gasteiger partial charge < -0.3 is 14.2 Å². The normalized spacial score (nSPS) is 18.1. The van der Waals surface area contributed by atoms with E-state index in [1.165, 1.54) is 51.6 Å². The van der Waals surface area contributed by atoms with Crippen LogP contribution in [-0.4, -0.2) is 34.2 Å². The van der Waals surface area contributed by atoms with Gasteiger partial charge in [-0.1, -0.05) is 36.2 Å². The van der Waals surface area contributed by atoms with Gasteiger partial charge in [0.05, 0.1) is 0 Å². The van der Waals surface area contributed by atoms with Crippen LogP contribution in [0.15, 0.2) is 59.1 Å². The molecule has 0 bridgehead atoms. The summed E-state index contributed by atoms with van der Waals surface area (Å²) in [6.45, 7) is 2.45. The second-order valence-electron chi connectivity index (χ2n) is 8.58. The smallest absolute Gasteiger partial charge is 0.257 e. The maximum atomic E-state index is 5.85. The molecule has 0 unspecified atom stereocenters. The summed E-state index contributed by atoms with van der Waals surface area (Å²) in [6.07, 6.45) is 9.02. The summed E-state index contributed by atoms with van der Waals surface area (Å²) in [5.74, 6) is 3.69. The zero-order chi connectivity index (χ0) is 20.2. The monoisotopic (exact) mass is 439 g/mol. The van der Waals surface area contributed by atoms with Crippen molar-refractivity contribution in [1.29, 1.82) is 0 Å². The van der Waals surface area contributed by atoms with E-state index in [1.807, 2.05) is 54.6 Å². The number of hydrogen-bond donors (Lipinski definition) is 0. The first-order valence-electron chi connectivity index (χ1n) is 11.2. The summed E-state index contributed by atoms with van der Waals surface area (Å²) in [7, 11) is 0. The first-order chi connectivity index (χ1) is 14.8. The third kappa shape index (κ3) is 5.46. The first-order valence-corrected chi connectivity index (χ1v) is 11.2. The summed E-state index contributed by atoms with van der Waals surface area (Å²) in [4.78, 5) is 7.37. The summed E-state index contributed by atoms with van der Waals surface area (Å²) >= 11 is 0. The number of aromatic nitrogens is 2. The van der Waals surface area contributed by atoms with Gasteiger partial charge in [-0.15, -0.1) is 12.4 Å². The topological polar surface area (TPSA) is 51.4 Å². The van der Waals surface area contributed by atoms with Crippen molar-refractivity contribution in [2.75, 3.05) is 13.1 Å². The quantitative estimate of drug-likeness (QED) is 0.461. The van der Waals surface area contributed by atoms with E-state index in [0.717, 1.165) is 35.3 Å². The lowest BCUT2D eigenvalue weighted by molar-refractivity contribution is 0.133. The molecule has 5 rings (SSSR count). The van der Waals surface area contributed by atoms with E-state index in [4.69, 9.17) is 9.26 Å². The Kier molecular flexibility index (Phi) is 7.25. The highest BCUT2D eigenvalue weighted by atomic mass is 35.5. The lowest BCUT2D eigenvalue weighted by atomic mass is 9.92. The highest BCUT2D eigenvalue weighted by Gasteiger charge is 2.27. The minimum atomic E-state index is 0. The van der Waals surface area contributed by atoms with Crippen LogP contribution in [-0.2, 0) is 6.42 Å². The maximum absolute atomic E-state index is 5.85. The molecule has 1 aliphatic carbocycles. The highest BCUT2D eigenvalue weighted by molar-refractivity contribution is 5.85. The molecule has 0 radical (unpaired) electrons. The van der Waals surface area contributed by atoms with Gasteiger partial charge in [0.15, 0.2) is 5.82 Å². The highest BCUT2D eigenvalue weighted by Crippen LogP contribution is 2.29. The minimum Gasteiger partial charge on any atom is -0.457 e. The van der Waals surface area contributed by atoms with E-state index >= 15 is 0 Å². The molecule has 6 heteroatoms. The van der Waals surface area contributed by atoms with Gasteiger partial charge in [0, 0.05) is 18.0 Å². The number of piperidine rings is 1. The van der Waals surface area contributed by atoms with Crippen LogP contribution in [0.25, 0.3) is 11.5 Å². The second-order valence-corrected chi connectivity index (χ2v) is 8.58. The molecular weight excluding hydrogens is 410 g/mol. The number of nitrogens with zero attached hydrogens (tertiary/aromatic N) is 3. The predicted octanol–water partition coefficient (Wildman–Crippen LogP) is 6.15. The van der Waals surface area contributed by atoms with Crippen molar-refractivity contribution >= 4 is 12.4 Å². The molecule has 2 heterocycles. The SMILES string of the molecule is Cl.c1ccc(Oc2ccc(-c3nc(CC4CCN(C5CCCC5)CC4)no3)cc2)cc1. The summed E-state index contributed by atoms with van der Waals surface area (Å²) in [6, 6.07) is 18.4. The number of likely N-dealkylation sites (tertiary alicyclic amines) is 1. The molecule has 3 aromatic rings. The van der Waals surface area contributed by atoms with Crippen LogP contribution in [0.5, 0.6) is 11.5 Å². The fourth-order valence-electron chi connectivity index (χ4n) is 4.79. The van der Waals surface area contributed by atoms with Crippen molar-refractivity contribution in [1.82, 2.24) is 15.0 Å². The van der Waals surface area contributed by atoms with Gasteiger partial charge in [-0.05, 0) is 81.1 Å². The Morgan fingerprint density at radius 1 is 0.871 bits per heavy atom. The number of para-hydroxylation sites is 1. The molecule has 1 saturated heterocycles. The van der Waals surface area contributed by atoms with Crippen LogP contribution in [0.4, 0.5) is 0 Å². The number of hydrogen-bond acceptors (Lipinski definition) is 5. The van der Waals surface area contributed by atoms with Crippen molar-refractivity contribution in [2.45, 2.75) is 51.0 Å². The summed E-state index contributed by atoms with van der Waals surface area (Å²) in [5.41, 5.74) is 0.921. The molecule has 0 N–H and O–H groups in total. The third-order valence-electron chi connectivity index (χ3n) is 6.51. The van der Waals surface area contributed by atoms with Crippen LogP contribution < -0.4 is 4.74 Å². The fraction of sp³-hybridized carbons (Fsp3) is 0.440. The number of halogens is 1. The minimum absolute atomic E-state index is 0. The van der Waals surface area contributed by atoms with Gasteiger partial charge in [0.1, 0.15) is 11.5 Å². The number of benzene rings is 2. The lowest BCUT2D eigenvalue weighted by Gasteiger charge is -2.35. The van der Waals surface area contributed by atoms with Crippen molar-refractivity contribution in [2.24, 2.45) is 5.92 Å². The molecule has 0 amide bonds. The van der Waals surface area contributed by atoms with Crippen molar-refractivity contribution in [3.8, 4) is 23.0 Å². The molecule has 31 heavy (non-hydrogen) atoms. The Hall–Kier alpha value is -2.37. The van der Waals surface area contributed by atoms with Gasteiger partial charge in [0.25, 0.3) is 5.89 Å². The molecule has 1 saturated carbocycles. The molecular formula is C25H30ClN3O2. The van der Waals surface area contributed by atoms with E-state index < -0.39 is 0 Å². The van der Waals surface area contributed by atoms with Gasteiger partial charge >= 0.3 is 0 Å². The van der Waals surface area contributed by atoms with Crippen molar-refractivity contribution < 1.29 is 9.26 Å². The zero-order valence-electron chi connectivity index (χ0n) is 17.8. The van der Waals surface area contributed by atoms with E-state index in [-0.39, 0.29) is 12.4 Å². The second kappa shape index (κ2) is 10.3. The standard InChI is InChI=1S/C25H29N3O2.ClH/c1-2-8-22(9-3-1)29-23-12-10-20(11-13-23)25-26-24(27-30-25)18-19-14-16-28(17-15-19)21-6-4-5-7-21;/h1-3,8-13,19,21H,4-7,14-18H2;1H. The zero-order valence-corrected chi connectivity index (χ0v) is 18.6. The largest absolute Gasteiger partial charge is 0.457 e. The average molecular weight is 440 g/mol. The van der Waals surface area contributed by atoms with Crippen LogP contribution in [0.3, 0.4) is 0 Å². The average Bonchev–Trinajstić information content (AvgIpc) is 3.48. The van der Waals surface area contributed by atoms with Crippen LogP contribution in [0.2, 0.25) is 0 Å². The van der Waals surface area contributed by atoms with Gasteiger partial charge in [-0.3, -0.25) is 0 Å². The molecule has 1 aromatic heterocycles.